The highest BCUT2D eigenvalue weighted by Crippen LogP contribution is 2.23. The van der Waals surface area contributed by atoms with Crippen molar-refractivity contribution in [1.29, 1.82) is 0 Å². The second kappa shape index (κ2) is 6.19. The number of carboxylic acid groups (broad SMARTS) is 1. The second-order valence-electron chi connectivity index (χ2n) is 4.75. The summed E-state index contributed by atoms with van der Waals surface area (Å²) in [4.78, 5) is 11.2. The van der Waals surface area contributed by atoms with Crippen LogP contribution in [0.1, 0.15) is 47.7 Å². The molecule has 106 valence electrons. The number of carboxylic acids is 1. The fourth-order valence-electron chi connectivity index (χ4n) is 1.93. The summed E-state index contributed by atoms with van der Waals surface area (Å²) in [6, 6.07) is 2.77. The van der Waals surface area contributed by atoms with Gasteiger partial charge in [-0.15, -0.1) is 0 Å². The molecule has 4 nitrogen and oxygen atoms in total. The summed E-state index contributed by atoms with van der Waals surface area (Å²) in [5.74, 6) is -1.03. The molecule has 1 N–H and O–H groups in total. The van der Waals surface area contributed by atoms with Gasteiger partial charge in [-0.3, -0.25) is 0 Å². The lowest BCUT2D eigenvalue weighted by Gasteiger charge is -2.11. The smallest absolute Gasteiger partial charge is 0.335 e. The van der Waals surface area contributed by atoms with E-state index >= 15 is 0 Å². The number of benzene rings is 1. The Morgan fingerprint density at radius 2 is 1.84 bits per heavy atom. The first-order valence-corrected chi connectivity index (χ1v) is 8.02. The molecule has 0 radical (unpaired) electrons. The van der Waals surface area contributed by atoms with Crippen LogP contribution in [-0.4, -0.2) is 25.2 Å². The van der Waals surface area contributed by atoms with E-state index in [0.29, 0.717) is 17.5 Å². The highest BCUT2D eigenvalue weighted by molar-refractivity contribution is 7.91. The summed E-state index contributed by atoms with van der Waals surface area (Å²) in [5.41, 5.74) is 1.35. The highest BCUT2D eigenvalue weighted by atomic mass is 32.2. The van der Waals surface area contributed by atoms with Crippen LogP contribution in [0.15, 0.2) is 17.0 Å². The number of aryl methyl sites for hydroxylation is 1. The third-order valence-corrected chi connectivity index (χ3v) is 5.14. The first kappa shape index (κ1) is 15.7. The fourth-order valence-corrected chi connectivity index (χ4v) is 3.66. The molecular weight excluding hydrogens is 264 g/mol. The van der Waals surface area contributed by atoms with Crippen molar-refractivity contribution in [3.05, 3.63) is 28.8 Å². The van der Waals surface area contributed by atoms with Crippen molar-refractivity contribution in [1.82, 2.24) is 0 Å². The molecule has 1 rings (SSSR count). The van der Waals surface area contributed by atoms with Crippen molar-refractivity contribution < 1.29 is 18.3 Å². The van der Waals surface area contributed by atoms with Crippen molar-refractivity contribution in [3.8, 4) is 0 Å². The Morgan fingerprint density at radius 3 is 2.37 bits per heavy atom. The summed E-state index contributed by atoms with van der Waals surface area (Å²) >= 11 is 0. The maximum atomic E-state index is 12.3. The monoisotopic (exact) mass is 284 g/mol. The van der Waals surface area contributed by atoms with Gasteiger partial charge in [0.15, 0.2) is 9.84 Å². The standard InChI is InChI=1S/C14H20O4S/c1-4-5-6-7-19(17,18)13-9-12(14(15)16)8-10(2)11(13)3/h8-9H,4-7H2,1-3H3,(H,15,16). The quantitative estimate of drug-likeness (QED) is 0.815. The minimum Gasteiger partial charge on any atom is -0.478 e. The number of aromatic carboxylic acids is 1. The van der Waals surface area contributed by atoms with Crippen LogP contribution in [0.4, 0.5) is 0 Å². The molecule has 1 aromatic carbocycles. The third-order valence-electron chi connectivity index (χ3n) is 3.22. The molecule has 0 amide bonds. The largest absolute Gasteiger partial charge is 0.478 e. The van der Waals surface area contributed by atoms with Gasteiger partial charge in [-0.25, -0.2) is 13.2 Å². The van der Waals surface area contributed by atoms with Crippen LogP contribution in [0.3, 0.4) is 0 Å². The Morgan fingerprint density at radius 1 is 1.21 bits per heavy atom. The molecular formula is C14H20O4S. The molecule has 0 saturated carbocycles. The molecule has 0 aromatic heterocycles. The fraction of sp³-hybridized carbons (Fsp3) is 0.500. The van der Waals surface area contributed by atoms with E-state index in [-0.39, 0.29) is 16.2 Å². The van der Waals surface area contributed by atoms with Gasteiger partial charge in [0.05, 0.1) is 16.2 Å². The molecule has 5 heteroatoms. The van der Waals surface area contributed by atoms with E-state index in [1.54, 1.807) is 13.8 Å². The van der Waals surface area contributed by atoms with E-state index in [0.717, 1.165) is 12.8 Å². The van der Waals surface area contributed by atoms with Crippen LogP contribution in [0.25, 0.3) is 0 Å². The van der Waals surface area contributed by atoms with Gasteiger partial charge in [0, 0.05) is 0 Å². The summed E-state index contributed by atoms with van der Waals surface area (Å²) in [5, 5.41) is 9.01. The zero-order valence-electron chi connectivity index (χ0n) is 11.6. The molecule has 0 fully saturated rings. The van der Waals surface area contributed by atoms with Crippen LogP contribution in [-0.2, 0) is 9.84 Å². The maximum Gasteiger partial charge on any atom is 0.335 e. The molecule has 0 spiro atoms. The lowest BCUT2D eigenvalue weighted by molar-refractivity contribution is 0.0696. The highest BCUT2D eigenvalue weighted by Gasteiger charge is 2.20. The Balaban J connectivity index is 3.21. The Hall–Kier alpha value is -1.36. The van der Waals surface area contributed by atoms with Crippen LogP contribution in [0, 0.1) is 13.8 Å². The zero-order chi connectivity index (χ0) is 14.6. The van der Waals surface area contributed by atoms with E-state index < -0.39 is 15.8 Å². The van der Waals surface area contributed by atoms with E-state index in [1.165, 1.54) is 12.1 Å². The first-order valence-electron chi connectivity index (χ1n) is 6.37. The maximum absolute atomic E-state index is 12.3. The Kier molecular flexibility index (Phi) is 5.11. The van der Waals surface area contributed by atoms with Crippen molar-refractivity contribution in [2.24, 2.45) is 0 Å². The topological polar surface area (TPSA) is 71.4 Å². The van der Waals surface area contributed by atoms with Crippen molar-refractivity contribution in [2.45, 2.75) is 44.9 Å². The van der Waals surface area contributed by atoms with Gasteiger partial charge in [0.1, 0.15) is 0 Å². The zero-order valence-corrected chi connectivity index (χ0v) is 12.4. The molecule has 0 unspecified atom stereocenters. The van der Waals surface area contributed by atoms with E-state index in [1.807, 2.05) is 6.92 Å². The first-order chi connectivity index (χ1) is 8.79. The number of unbranched alkanes of at least 4 members (excludes halogenated alkanes) is 2. The van der Waals surface area contributed by atoms with Crippen LogP contribution in [0.5, 0.6) is 0 Å². The summed E-state index contributed by atoms with van der Waals surface area (Å²) in [7, 11) is -3.41. The average molecular weight is 284 g/mol. The van der Waals surface area contributed by atoms with Crippen molar-refractivity contribution in [3.63, 3.8) is 0 Å². The van der Waals surface area contributed by atoms with Gasteiger partial charge in [-0.05, 0) is 43.5 Å². The molecule has 1 aromatic rings. The predicted octanol–water partition coefficient (Wildman–Crippen LogP) is 2.97. The number of sulfone groups is 1. The van der Waals surface area contributed by atoms with Gasteiger partial charge >= 0.3 is 5.97 Å². The third kappa shape index (κ3) is 3.80. The van der Waals surface area contributed by atoms with Crippen molar-refractivity contribution >= 4 is 15.8 Å². The van der Waals surface area contributed by atoms with E-state index in [9.17, 15) is 13.2 Å². The lowest BCUT2D eigenvalue weighted by Crippen LogP contribution is -2.11. The van der Waals surface area contributed by atoms with Gasteiger partial charge in [0.25, 0.3) is 0 Å². The van der Waals surface area contributed by atoms with Crippen LogP contribution >= 0.6 is 0 Å². The summed E-state index contributed by atoms with van der Waals surface area (Å²) in [6.07, 6.45) is 2.41. The number of rotatable bonds is 6. The molecule has 0 aliphatic carbocycles. The predicted molar refractivity (Wildman–Crippen MR) is 74.5 cm³/mol. The van der Waals surface area contributed by atoms with E-state index in [4.69, 9.17) is 5.11 Å². The van der Waals surface area contributed by atoms with Gasteiger partial charge in [0.2, 0.25) is 0 Å². The number of hydrogen-bond donors (Lipinski definition) is 1. The minimum absolute atomic E-state index is 0.0252. The van der Waals surface area contributed by atoms with Crippen molar-refractivity contribution in [2.75, 3.05) is 5.75 Å². The summed E-state index contributed by atoms with van der Waals surface area (Å²) in [6.45, 7) is 5.45. The second-order valence-corrected chi connectivity index (χ2v) is 6.82. The molecule has 0 atom stereocenters. The van der Waals surface area contributed by atoms with E-state index in [2.05, 4.69) is 0 Å². The average Bonchev–Trinajstić information content (AvgIpc) is 2.32. The molecule has 0 aliphatic rings. The van der Waals surface area contributed by atoms with Crippen LogP contribution < -0.4 is 0 Å². The van der Waals surface area contributed by atoms with Gasteiger partial charge in [-0.2, -0.15) is 0 Å². The molecule has 0 aliphatic heterocycles. The Labute approximate surface area is 114 Å². The molecule has 0 saturated heterocycles. The molecule has 0 bridgehead atoms. The lowest BCUT2D eigenvalue weighted by atomic mass is 10.1. The SMILES string of the molecule is CCCCCS(=O)(=O)c1cc(C(=O)O)cc(C)c1C. The van der Waals surface area contributed by atoms with Crippen LogP contribution in [0.2, 0.25) is 0 Å². The molecule has 0 heterocycles. The summed E-state index contributed by atoms with van der Waals surface area (Å²) < 4.78 is 24.5. The molecule has 19 heavy (non-hydrogen) atoms. The van der Waals surface area contributed by atoms with Gasteiger partial charge < -0.3 is 5.11 Å². The number of carbonyl (C=O) groups is 1. The Bertz CT molecular complexity index is 573. The minimum atomic E-state index is -3.41. The van der Waals surface area contributed by atoms with Gasteiger partial charge in [-0.1, -0.05) is 19.8 Å². The number of hydrogen-bond acceptors (Lipinski definition) is 3. The normalized spacial score (nSPS) is 11.5.